The molecule has 0 saturated heterocycles. The lowest BCUT2D eigenvalue weighted by Crippen LogP contribution is -2.47. The third-order valence-electron chi connectivity index (χ3n) is 3.02. The molecule has 0 aliphatic rings. The molecular formula is C15H19BrN2O4. The van der Waals surface area contributed by atoms with Gasteiger partial charge in [0.05, 0.1) is 5.56 Å². The number of nitrogens with two attached hydrogens (primary N) is 1. The maximum absolute atomic E-state index is 12.3. The number of amides is 2. The van der Waals surface area contributed by atoms with Gasteiger partial charge in [-0.2, -0.15) is 0 Å². The highest BCUT2D eigenvalue weighted by Crippen LogP contribution is 2.16. The van der Waals surface area contributed by atoms with Crippen molar-refractivity contribution in [2.24, 2.45) is 11.7 Å². The van der Waals surface area contributed by atoms with Crippen molar-refractivity contribution in [2.45, 2.75) is 32.9 Å². The fourth-order valence-corrected chi connectivity index (χ4v) is 2.13. The smallest absolute Gasteiger partial charge is 0.329 e. The van der Waals surface area contributed by atoms with Crippen LogP contribution in [0, 0.1) is 5.92 Å². The van der Waals surface area contributed by atoms with Gasteiger partial charge in [0.15, 0.2) is 6.10 Å². The van der Waals surface area contributed by atoms with Gasteiger partial charge < -0.3 is 15.8 Å². The largest absolute Gasteiger partial charge is 0.451 e. The standard InChI is InChI=1S/C15H19BrN2O4/c1-8(2)12(15(21)22-9(3)13(17)19)18-14(20)10-6-4-5-7-11(10)16/h4-9,12H,1-3H3,(H2,17,19)(H,18,20)/t9-,12-/m0/s1. The van der Waals surface area contributed by atoms with Gasteiger partial charge in [0.1, 0.15) is 6.04 Å². The van der Waals surface area contributed by atoms with Crippen LogP contribution in [-0.4, -0.2) is 29.9 Å². The van der Waals surface area contributed by atoms with Crippen LogP contribution in [-0.2, 0) is 14.3 Å². The second-order valence-corrected chi connectivity index (χ2v) is 6.01. The van der Waals surface area contributed by atoms with Crippen molar-refractivity contribution < 1.29 is 19.1 Å². The van der Waals surface area contributed by atoms with Crippen molar-refractivity contribution in [1.29, 1.82) is 0 Å². The first kappa shape index (κ1) is 18.2. The van der Waals surface area contributed by atoms with Gasteiger partial charge in [-0.1, -0.05) is 26.0 Å². The number of halogens is 1. The Morgan fingerprint density at radius 2 is 1.77 bits per heavy atom. The highest BCUT2D eigenvalue weighted by molar-refractivity contribution is 9.10. The summed E-state index contributed by atoms with van der Waals surface area (Å²) in [5.41, 5.74) is 5.47. The van der Waals surface area contributed by atoms with Gasteiger partial charge in [0.2, 0.25) is 0 Å². The van der Waals surface area contributed by atoms with E-state index >= 15 is 0 Å². The van der Waals surface area contributed by atoms with E-state index in [1.165, 1.54) is 6.92 Å². The van der Waals surface area contributed by atoms with Crippen LogP contribution in [0.4, 0.5) is 0 Å². The molecule has 0 heterocycles. The minimum atomic E-state index is -1.05. The zero-order valence-corrected chi connectivity index (χ0v) is 14.2. The minimum absolute atomic E-state index is 0.209. The Morgan fingerprint density at radius 1 is 1.18 bits per heavy atom. The van der Waals surface area contributed by atoms with Gasteiger partial charge in [-0.05, 0) is 40.9 Å². The fourth-order valence-electron chi connectivity index (χ4n) is 1.67. The van der Waals surface area contributed by atoms with Crippen molar-refractivity contribution >= 4 is 33.7 Å². The Hall–Kier alpha value is -1.89. The zero-order chi connectivity index (χ0) is 16.9. The van der Waals surface area contributed by atoms with Crippen molar-refractivity contribution in [3.05, 3.63) is 34.3 Å². The number of primary amides is 1. The molecule has 3 N–H and O–H groups in total. The van der Waals surface area contributed by atoms with Crippen LogP contribution in [0.2, 0.25) is 0 Å². The molecule has 0 radical (unpaired) electrons. The Morgan fingerprint density at radius 3 is 2.27 bits per heavy atom. The van der Waals surface area contributed by atoms with Crippen molar-refractivity contribution in [2.75, 3.05) is 0 Å². The van der Waals surface area contributed by atoms with Crippen LogP contribution in [0.25, 0.3) is 0 Å². The van der Waals surface area contributed by atoms with Crippen LogP contribution >= 0.6 is 15.9 Å². The number of nitrogens with one attached hydrogen (secondary N) is 1. The maximum Gasteiger partial charge on any atom is 0.329 e. The summed E-state index contributed by atoms with van der Waals surface area (Å²) in [4.78, 5) is 35.3. The number of ether oxygens (including phenoxy) is 1. The molecule has 22 heavy (non-hydrogen) atoms. The summed E-state index contributed by atoms with van der Waals surface area (Å²) in [6, 6.07) is 5.99. The number of hydrogen-bond acceptors (Lipinski definition) is 4. The lowest BCUT2D eigenvalue weighted by atomic mass is 10.0. The minimum Gasteiger partial charge on any atom is -0.451 e. The van der Waals surface area contributed by atoms with E-state index in [4.69, 9.17) is 10.5 Å². The summed E-state index contributed by atoms with van der Waals surface area (Å²) < 4.78 is 5.58. The molecule has 0 spiro atoms. The Bertz CT molecular complexity index is 574. The molecule has 0 aromatic heterocycles. The molecule has 1 aromatic carbocycles. The van der Waals surface area contributed by atoms with Crippen LogP contribution in [0.3, 0.4) is 0 Å². The summed E-state index contributed by atoms with van der Waals surface area (Å²) in [7, 11) is 0. The van der Waals surface area contributed by atoms with Gasteiger partial charge in [0.25, 0.3) is 11.8 Å². The highest BCUT2D eigenvalue weighted by atomic mass is 79.9. The van der Waals surface area contributed by atoms with Gasteiger partial charge in [-0.15, -0.1) is 0 Å². The lowest BCUT2D eigenvalue weighted by Gasteiger charge is -2.22. The molecule has 2 atom stereocenters. The second kappa shape index (κ2) is 7.93. The molecule has 2 amide bonds. The number of carbonyl (C=O) groups is 3. The zero-order valence-electron chi connectivity index (χ0n) is 12.6. The van der Waals surface area contributed by atoms with Crippen molar-refractivity contribution in [3.63, 3.8) is 0 Å². The summed E-state index contributed by atoms with van der Waals surface area (Å²) in [6.07, 6.45) is -1.05. The SMILES string of the molecule is CC(C)[C@H](NC(=O)c1ccccc1Br)C(=O)O[C@@H](C)C(N)=O. The third-order valence-corrected chi connectivity index (χ3v) is 3.71. The molecule has 0 unspecified atom stereocenters. The molecule has 0 fully saturated rings. The Balaban J connectivity index is 2.84. The monoisotopic (exact) mass is 370 g/mol. The topological polar surface area (TPSA) is 98.5 Å². The molecule has 0 aliphatic carbocycles. The van der Waals surface area contributed by atoms with Crippen LogP contribution in [0.1, 0.15) is 31.1 Å². The Kier molecular flexibility index (Phi) is 6.55. The van der Waals surface area contributed by atoms with E-state index in [0.717, 1.165) is 0 Å². The van der Waals surface area contributed by atoms with E-state index in [0.29, 0.717) is 10.0 Å². The van der Waals surface area contributed by atoms with E-state index in [9.17, 15) is 14.4 Å². The summed E-state index contributed by atoms with van der Waals surface area (Å²) in [6.45, 7) is 4.91. The van der Waals surface area contributed by atoms with Crippen molar-refractivity contribution in [1.82, 2.24) is 5.32 Å². The van der Waals surface area contributed by atoms with E-state index < -0.39 is 29.9 Å². The third kappa shape index (κ3) is 4.84. The Labute approximate surface area is 137 Å². The number of benzene rings is 1. The molecule has 0 saturated carbocycles. The molecule has 120 valence electrons. The lowest BCUT2D eigenvalue weighted by molar-refractivity contribution is -0.156. The normalized spacial score (nSPS) is 13.3. The fraction of sp³-hybridized carbons (Fsp3) is 0.400. The quantitative estimate of drug-likeness (QED) is 0.743. The average molecular weight is 371 g/mol. The van der Waals surface area contributed by atoms with Crippen LogP contribution in [0.5, 0.6) is 0 Å². The number of hydrogen-bond donors (Lipinski definition) is 2. The second-order valence-electron chi connectivity index (χ2n) is 5.16. The van der Waals surface area contributed by atoms with E-state index in [1.807, 2.05) is 0 Å². The van der Waals surface area contributed by atoms with E-state index in [2.05, 4.69) is 21.2 Å². The summed E-state index contributed by atoms with van der Waals surface area (Å²) in [5, 5.41) is 2.62. The summed E-state index contributed by atoms with van der Waals surface area (Å²) >= 11 is 3.28. The van der Waals surface area contributed by atoms with Crippen molar-refractivity contribution in [3.8, 4) is 0 Å². The van der Waals surface area contributed by atoms with E-state index in [1.54, 1.807) is 38.1 Å². The first-order valence-electron chi connectivity index (χ1n) is 6.79. The number of rotatable bonds is 6. The summed E-state index contributed by atoms with van der Waals surface area (Å²) in [5.74, 6) is -2.05. The van der Waals surface area contributed by atoms with Gasteiger partial charge in [-0.3, -0.25) is 9.59 Å². The van der Waals surface area contributed by atoms with E-state index in [-0.39, 0.29) is 5.92 Å². The molecular weight excluding hydrogens is 352 g/mol. The molecule has 7 heteroatoms. The first-order valence-corrected chi connectivity index (χ1v) is 7.58. The number of carbonyl (C=O) groups excluding carboxylic acids is 3. The molecule has 6 nitrogen and oxygen atoms in total. The van der Waals surface area contributed by atoms with Gasteiger partial charge in [-0.25, -0.2) is 4.79 Å². The molecule has 0 bridgehead atoms. The van der Waals surface area contributed by atoms with Crippen LogP contribution in [0.15, 0.2) is 28.7 Å². The highest BCUT2D eigenvalue weighted by Gasteiger charge is 2.29. The van der Waals surface area contributed by atoms with Crippen LogP contribution < -0.4 is 11.1 Å². The predicted octanol–water partition coefficient (Wildman–Crippen LogP) is 1.62. The maximum atomic E-state index is 12.3. The number of esters is 1. The van der Waals surface area contributed by atoms with Gasteiger partial charge >= 0.3 is 5.97 Å². The predicted molar refractivity (Wildman–Crippen MR) is 85.0 cm³/mol. The first-order chi connectivity index (χ1) is 10.2. The average Bonchev–Trinajstić information content (AvgIpc) is 2.44. The molecule has 0 aliphatic heterocycles. The van der Waals surface area contributed by atoms with Gasteiger partial charge in [0, 0.05) is 4.47 Å². The molecule has 1 rings (SSSR count). The molecule has 1 aromatic rings.